The molecular weight excluding hydrogens is 312 g/mol. The molecule has 0 saturated heterocycles. The van der Waals surface area contributed by atoms with E-state index in [4.69, 9.17) is 0 Å². The molecule has 3 aromatic rings. The SMILES string of the molecule is CCc1c(C(=O)Nc2c(C)cc(C)cc2C)nnn1-c1ccccc1. The minimum Gasteiger partial charge on any atom is -0.320 e. The number of aryl methyl sites for hydroxylation is 3. The van der Waals surface area contributed by atoms with Gasteiger partial charge in [-0.1, -0.05) is 48.0 Å². The number of amides is 1. The van der Waals surface area contributed by atoms with E-state index in [1.807, 2.05) is 58.0 Å². The van der Waals surface area contributed by atoms with Crippen LogP contribution in [0.3, 0.4) is 0 Å². The molecular formula is C20H22N4O. The first kappa shape index (κ1) is 16.9. The van der Waals surface area contributed by atoms with E-state index >= 15 is 0 Å². The number of hydrogen-bond acceptors (Lipinski definition) is 3. The van der Waals surface area contributed by atoms with E-state index in [1.54, 1.807) is 4.68 Å². The average molecular weight is 334 g/mol. The van der Waals surface area contributed by atoms with Gasteiger partial charge in [0.25, 0.3) is 5.91 Å². The molecule has 25 heavy (non-hydrogen) atoms. The van der Waals surface area contributed by atoms with Crippen LogP contribution in [0.15, 0.2) is 42.5 Å². The van der Waals surface area contributed by atoms with Gasteiger partial charge in [-0.15, -0.1) is 5.10 Å². The number of anilines is 1. The number of para-hydroxylation sites is 1. The second-order valence-corrected chi connectivity index (χ2v) is 6.21. The molecule has 5 nitrogen and oxygen atoms in total. The van der Waals surface area contributed by atoms with Crippen LogP contribution in [0.4, 0.5) is 5.69 Å². The Morgan fingerprint density at radius 2 is 1.72 bits per heavy atom. The number of carbonyl (C=O) groups excluding carboxylic acids is 1. The number of aromatic nitrogens is 3. The molecule has 1 heterocycles. The van der Waals surface area contributed by atoms with Gasteiger partial charge in [0.05, 0.1) is 11.4 Å². The lowest BCUT2D eigenvalue weighted by molar-refractivity contribution is 0.102. The van der Waals surface area contributed by atoms with Crippen LogP contribution in [0.1, 0.15) is 39.8 Å². The summed E-state index contributed by atoms with van der Waals surface area (Å²) in [6, 6.07) is 13.8. The third-order valence-electron chi connectivity index (χ3n) is 4.23. The second kappa shape index (κ2) is 6.89. The Morgan fingerprint density at radius 1 is 1.08 bits per heavy atom. The zero-order valence-electron chi connectivity index (χ0n) is 15.0. The van der Waals surface area contributed by atoms with Gasteiger partial charge < -0.3 is 5.32 Å². The number of nitrogens with zero attached hydrogens (tertiary/aromatic N) is 3. The van der Waals surface area contributed by atoms with Crippen LogP contribution in [-0.2, 0) is 6.42 Å². The highest BCUT2D eigenvalue weighted by molar-refractivity contribution is 6.04. The van der Waals surface area contributed by atoms with Gasteiger partial charge >= 0.3 is 0 Å². The molecule has 0 fully saturated rings. The predicted octanol–water partition coefficient (Wildman–Crippen LogP) is 4.01. The summed E-state index contributed by atoms with van der Waals surface area (Å²) in [6.07, 6.45) is 0.663. The lowest BCUT2D eigenvalue weighted by Gasteiger charge is -2.12. The third kappa shape index (κ3) is 3.31. The molecule has 1 N–H and O–H groups in total. The fourth-order valence-electron chi connectivity index (χ4n) is 3.12. The van der Waals surface area contributed by atoms with E-state index in [9.17, 15) is 4.79 Å². The van der Waals surface area contributed by atoms with Crippen molar-refractivity contribution in [2.24, 2.45) is 0 Å². The van der Waals surface area contributed by atoms with Gasteiger partial charge in [-0.05, 0) is 50.5 Å². The van der Waals surface area contributed by atoms with E-state index in [0.29, 0.717) is 12.1 Å². The fraction of sp³-hybridized carbons (Fsp3) is 0.250. The predicted molar refractivity (Wildman–Crippen MR) is 99.3 cm³/mol. The van der Waals surface area contributed by atoms with Gasteiger partial charge in [0.15, 0.2) is 5.69 Å². The van der Waals surface area contributed by atoms with Gasteiger partial charge in [-0.3, -0.25) is 4.79 Å². The Labute approximate surface area is 147 Å². The van der Waals surface area contributed by atoms with Crippen molar-refractivity contribution < 1.29 is 4.79 Å². The van der Waals surface area contributed by atoms with Crippen LogP contribution < -0.4 is 5.32 Å². The van der Waals surface area contributed by atoms with Gasteiger partial charge in [-0.25, -0.2) is 4.68 Å². The molecule has 0 aliphatic rings. The summed E-state index contributed by atoms with van der Waals surface area (Å²) in [5.41, 5.74) is 6.16. The van der Waals surface area contributed by atoms with Gasteiger partial charge in [0, 0.05) is 5.69 Å². The van der Waals surface area contributed by atoms with Crippen molar-refractivity contribution in [3.05, 3.63) is 70.5 Å². The van der Waals surface area contributed by atoms with E-state index in [2.05, 4.69) is 27.8 Å². The first-order valence-corrected chi connectivity index (χ1v) is 8.40. The summed E-state index contributed by atoms with van der Waals surface area (Å²) in [7, 11) is 0. The first-order chi connectivity index (χ1) is 12.0. The molecule has 0 aliphatic heterocycles. The Hall–Kier alpha value is -2.95. The standard InChI is InChI=1S/C20H22N4O/c1-5-17-19(22-23-24(17)16-9-7-6-8-10-16)20(25)21-18-14(3)11-13(2)12-15(18)4/h6-12H,5H2,1-4H3,(H,21,25). The molecule has 1 aromatic heterocycles. The molecule has 0 saturated carbocycles. The number of carbonyl (C=O) groups is 1. The van der Waals surface area contributed by atoms with Crippen molar-refractivity contribution in [1.82, 2.24) is 15.0 Å². The van der Waals surface area contributed by atoms with Crippen LogP contribution in [0, 0.1) is 20.8 Å². The molecule has 0 radical (unpaired) electrons. The van der Waals surface area contributed by atoms with Crippen molar-refractivity contribution >= 4 is 11.6 Å². The van der Waals surface area contributed by atoms with Crippen molar-refractivity contribution in [3.8, 4) is 5.69 Å². The maximum atomic E-state index is 12.8. The lowest BCUT2D eigenvalue weighted by atomic mass is 10.0. The molecule has 0 atom stereocenters. The molecule has 0 unspecified atom stereocenters. The van der Waals surface area contributed by atoms with Gasteiger partial charge in [0.2, 0.25) is 0 Å². The number of hydrogen-bond donors (Lipinski definition) is 1. The Bertz CT molecular complexity index is 890. The van der Waals surface area contributed by atoms with E-state index < -0.39 is 0 Å². The molecule has 128 valence electrons. The number of benzene rings is 2. The maximum Gasteiger partial charge on any atom is 0.278 e. The molecule has 0 aliphatic carbocycles. The fourth-order valence-corrected chi connectivity index (χ4v) is 3.12. The highest BCUT2D eigenvalue weighted by Gasteiger charge is 2.20. The van der Waals surface area contributed by atoms with Crippen LogP contribution in [0.2, 0.25) is 0 Å². The topological polar surface area (TPSA) is 59.8 Å². The highest BCUT2D eigenvalue weighted by atomic mass is 16.2. The van der Waals surface area contributed by atoms with Crippen molar-refractivity contribution in [2.75, 3.05) is 5.32 Å². The van der Waals surface area contributed by atoms with Crippen LogP contribution in [0.25, 0.3) is 5.69 Å². The summed E-state index contributed by atoms with van der Waals surface area (Å²) in [6.45, 7) is 8.04. The zero-order valence-corrected chi connectivity index (χ0v) is 15.0. The second-order valence-electron chi connectivity index (χ2n) is 6.21. The Kier molecular flexibility index (Phi) is 4.65. The molecule has 5 heteroatoms. The molecule has 0 bridgehead atoms. The normalized spacial score (nSPS) is 10.7. The monoisotopic (exact) mass is 334 g/mol. The summed E-state index contributed by atoms with van der Waals surface area (Å²) in [4.78, 5) is 12.8. The Balaban J connectivity index is 1.95. The summed E-state index contributed by atoms with van der Waals surface area (Å²) in [5.74, 6) is -0.228. The van der Waals surface area contributed by atoms with Crippen molar-refractivity contribution in [2.45, 2.75) is 34.1 Å². The largest absolute Gasteiger partial charge is 0.320 e. The van der Waals surface area contributed by atoms with Crippen LogP contribution in [0.5, 0.6) is 0 Å². The minimum atomic E-state index is -0.228. The molecule has 3 rings (SSSR count). The van der Waals surface area contributed by atoms with E-state index in [-0.39, 0.29) is 5.91 Å². The average Bonchev–Trinajstić information content (AvgIpc) is 3.02. The highest BCUT2D eigenvalue weighted by Crippen LogP contribution is 2.23. The van der Waals surface area contributed by atoms with Crippen molar-refractivity contribution in [3.63, 3.8) is 0 Å². The molecule has 1 amide bonds. The Morgan fingerprint density at radius 3 is 2.32 bits per heavy atom. The smallest absolute Gasteiger partial charge is 0.278 e. The summed E-state index contributed by atoms with van der Waals surface area (Å²) < 4.78 is 1.73. The van der Waals surface area contributed by atoms with E-state index in [0.717, 1.165) is 28.2 Å². The van der Waals surface area contributed by atoms with E-state index in [1.165, 1.54) is 5.56 Å². The summed E-state index contributed by atoms with van der Waals surface area (Å²) in [5, 5.41) is 11.3. The van der Waals surface area contributed by atoms with Gasteiger partial charge in [0.1, 0.15) is 0 Å². The first-order valence-electron chi connectivity index (χ1n) is 8.40. The third-order valence-corrected chi connectivity index (χ3v) is 4.23. The quantitative estimate of drug-likeness (QED) is 0.784. The number of nitrogens with one attached hydrogen (secondary N) is 1. The van der Waals surface area contributed by atoms with Crippen LogP contribution in [-0.4, -0.2) is 20.9 Å². The summed E-state index contributed by atoms with van der Waals surface area (Å²) >= 11 is 0. The molecule has 2 aromatic carbocycles. The lowest BCUT2D eigenvalue weighted by Crippen LogP contribution is -2.17. The van der Waals surface area contributed by atoms with Gasteiger partial charge in [-0.2, -0.15) is 0 Å². The minimum absolute atomic E-state index is 0.228. The number of rotatable bonds is 4. The van der Waals surface area contributed by atoms with Crippen molar-refractivity contribution in [1.29, 1.82) is 0 Å². The molecule has 0 spiro atoms. The van der Waals surface area contributed by atoms with Crippen LogP contribution >= 0.6 is 0 Å². The maximum absolute atomic E-state index is 12.8. The zero-order chi connectivity index (χ0) is 18.0.